The third kappa shape index (κ3) is 3.52. The van der Waals surface area contributed by atoms with Crippen molar-refractivity contribution in [1.82, 2.24) is 9.78 Å². The van der Waals surface area contributed by atoms with Crippen LogP contribution < -0.4 is 5.32 Å². The van der Waals surface area contributed by atoms with Crippen LogP contribution in [0.2, 0.25) is 5.02 Å². The van der Waals surface area contributed by atoms with Crippen LogP contribution in [-0.4, -0.2) is 15.9 Å². The van der Waals surface area contributed by atoms with Crippen LogP contribution in [0.25, 0.3) is 0 Å². The van der Waals surface area contributed by atoms with Gasteiger partial charge >= 0.3 is 6.09 Å². The van der Waals surface area contributed by atoms with Crippen molar-refractivity contribution >= 4 is 39.4 Å². The molecule has 1 unspecified atom stereocenters. The molecule has 1 atom stereocenters. The summed E-state index contributed by atoms with van der Waals surface area (Å²) in [6, 6.07) is 7.15. The fourth-order valence-electron chi connectivity index (χ4n) is 1.64. The zero-order valence-electron chi connectivity index (χ0n) is 10.9. The molecule has 20 heavy (non-hydrogen) atoms. The van der Waals surface area contributed by atoms with Gasteiger partial charge in [-0.05, 0) is 40.5 Å². The van der Waals surface area contributed by atoms with Gasteiger partial charge in [0.25, 0.3) is 0 Å². The molecule has 2 aromatic rings. The summed E-state index contributed by atoms with van der Waals surface area (Å²) >= 11 is 9.11. The third-order valence-corrected chi connectivity index (χ3v) is 3.57. The van der Waals surface area contributed by atoms with Gasteiger partial charge < -0.3 is 4.74 Å². The Morgan fingerprint density at radius 3 is 2.65 bits per heavy atom. The molecule has 7 heteroatoms. The van der Waals surface area contributed by atoms with E-state index in [0.29, 0.717) is 15.3 Å². The van der Waals surface area contributed by atoms with Crippen LogP contribution in [-0.2, 0) is 11.8 Å². The fraction of sp³-hybridized carbons (Fsp3) is 0.231. The SMILES string of the molecule is CC(OC(=O)Nc1c(Br)cnn1C)c1ccc(Cl)cc1. The van der Waals surface area contributed by atoms with Crippen molar-refractivity contribution < 1.29 is 9.53 Å². The standard InChI is InChI=1S/C13H13BrClN3O2/c1-8(9-3-5-10(15)6-4-9)20-13(19)17-12-11(14)7-16-18(12)2/h3-8H,1-2H3,(H,17,19). The highest BCUT2D eigenvalue weighted by Crippen LogP contribution is 2.23. The number of aromatic nitrogens is 2. The first-order chi connectivity index (χ1) is 9.47. The maximum absolute atomic E-state index is 11.8. The summed E-state index contributed by atoms with van der Waals surface area (Å²) in [5, 5.41) is 7.28. The van der Waals surface area contributed by atoms with Crippen molar-refractivity contribution in [1.29, 1.82) is 0 Å². The Labute approximate surface area is 130 Å². The summed E-state index contributed by atoms with van der Waals surface area (Å²) in [7, 11) is 1.73. The van der Waals surface area contributed by atoms with E-state index in [1.54, 1.807) is 32.3 Å². The number of amides is 1. The Balaban J connectivity index is 1.99. The molecule has 0 saturated heterocycles. The quantitative estimate of drug-likeness (QED) is 0.897. The number of halogens is 2. The second-order valence-electron chi connectivity index (χ2n) is 4.19. The maximum Gasteiger partial charge on any atom is 0.413 e. The molecule has 0 radical (unpaired) electrons. The molecule has 0 aliphatic heterocycles. The summed E-state index contributed by atoms with van der Waals surface area (Å²) in [6.07, 6.45) is 0.675. The van der Waals surface area contributed by atoms with E-state index in [-0.39, 0.29) is 6.10 Å². The molecule has 1 aromatic heterocycles. The first kappa shape index (κ1) is 14.9. The van der Waals surface area contributed by atoms with Gasteiger partial charge in [0.2, 0.25) is 0 Å². The topological polar surface area (TPSA) is 56.1 Å². The molecule has 1 amide bonds. The largest absolute Gasteiger partial charge is 0.441 e. The number of ether oxygens (including phenoxy) is 1. The lowest BCUT2D eigenvalue weighted by Crippen LogP contribution is -2.18. The van der Waals surface area contributed by atoms with Gasteiger partial charge in [0.05, 0.1) is 10.7 Å². The first-order valence-electron chi connectivity index (χ1n) is 5.88. The summed E-state index contributed by atoms with van der Waals surface area (Å²) in [6.45, 7) is 1.79. The van der Waals surface area contributed by atoms with Crippen molar-refractivity contribution in [3.8, 4) is 0 Å². The Bertz CT molecular complexity index is 593. The van der Waals surface area contributed by atoms with Gasteiger partial charge in [0.15, 0.2) is 0 Å². The summed E-state index contributed by atoms with van der Waals surface area (Å²) < 4.78 is 7.54. The molecule has 0 spiro atoms. The minimum Gasteiger partial charge on any atom is -0.441 e. The number of anilines is 1. The Kier molecular flexibility index (Phi) is 4.67. The zero-order valence-corrected chi connectivity index (χ0v) is 13.3. The normalized spacial score (nSPS) is 12.0. The van der Waals surface area contributed by atoms with Crippen LogP contribution in [0, 0.1) is 0 Å². The molecule has 2 rings (SSSR count). The summed E-state index contributed by atoms with van der Waals surface area (Å²) in [4.78, 5) is 11.8. The maximum atomic E-state index is 11.8. The van der Waals surface area contributed by atoms with Gasteiger partial charge in [-0.1, -0.05) is 23.7 Å². The van der Waals surface area contributed by atoms with Crippen molar-refractivity contribution in [2.24, 2.45) is 7.05 Å². The van der Waals surface area contributed by atoms with Crippen LogP contribution in [0.5, 0.6) is 0 Å². The molecule has 106 valence electrons. The molecule has 0 aliphatic carbocycles. The lowest BCUT2D eigenvalue weighted by Gasteiger charge is -2.14. The highest BCUT2D eigenvalue weighted by atomic mass is 79.9. The molecule has 0 aliphatic rings. The Morgan fingerprint density at radius 2 is 2.10 bits per heavy atom. The van der Waals surface area contributed by atoms with Crippen LogP contribution in [0.15, 0.2) is 34.9 Å². The van der Waals surface area contributed by atoms with E-state index in [1.807, 2.05) is 12.1 Å². The number of carbonyl (C=O) groups excluding carboxylic acids is 1. The fourth-order valence-corrected chi connectivity index (χ4v) is 2.21. The van der Waals surface area contributed by atoms with Gasteiger partial charge in [-0.25, -0.2) is 4.79 Å². The second-order valence-corrected chi connectivity index (χ2v) is 5.48. The van der Waals surface area contributed by atoms with E-state index in [1.165, 1.54) is 4.68 Å². The van der Waals surface area contributed by atoms with E-state index in [2.05, 4.69) is 26.3 Å². The van der Waals surface area contributed by atoms with Gasteiger partial charge in [-0.3, -0.25) is 10.00 Å². The van der Waals surface area contributed by atoms with Crippen LogP contribution in [0.1, 0.15) is 18.6 Å². The van der Waals surface area contributed by atoms with Gasteiger partial charge in [0.1, 0.15) is 11.9 Å². The Hall–Kier alpha value is -1.53. The monoisotopic (exact) mass is 357 g/mol. The molecular weight excluding hydrogens is 346 g/mol. The van der Waals surface area contributed by atoms with E-state index < -0.39 is 6.09 Å². The second kappa shape index (κ2) is 6.28. The highest BCUT2D eigenvalue weighted by molar-refractivity contribution is 9.10. The molecule has 1 heterocycles. The van der Waals surface area contributed by atoms with Crippen molar-refractivity contribution in [3.05, 3.63) is 45.5 Å². The van der Waals surface area contributed by atoms with Crippen LogP contribution >= 0.6 is 27.5 Å². The van der Waals surface area contributed by atoms with E-state index >= 15 is 0 Å². The first-order valence-corrected chi connectivity index (χ1v) is 7.05. The number of hydrogen-bond acceptors (Lipinski definition) is 3. The molecular formula is C13H13BrClN3O2. The number of carbonyl (C=O) groups is 1. The molecule has 0 saturated carbocycles. The van der Waals surface area contributed by atoms with Crippen molar-refractivity contribution in [3.63, 3.8) is 0 Å². The number of aryl methyl sites for hydroxylation is 1. The minimum absolute atomic E-state index is 0.376. The molecule has 1 N–H and O–H groups in total. The minimum atomic E-state index is -0.545. The smallest absolute Gasteiger partial charge is 0.413 e. The van der Waals surface area contributed by atoms with Gasteiger partial charge in [0, 0.05) is 12.1 Å². The number of nitrogens with one attached hydrogen (secondary N) is 1. The molecule has 0 fully saturated rings. The lowest BCUT2D eigenvalue weighted by atomic mass is 10.1. The number of nitrogens with zero attached hydrogens (tertiary/aromatic N) is 2. The van der Waals surface area contributed by atoms with E-state index in [4.69, 9.17) is 16.3 Å². The number of benzene rings is 1. The van der Waals surface area contributed by atoms with E-state index in [9.17, 15) is 4.79 Å². The average Bonchev–Trinajstić information content (AvgIpc) is 2.71. The number of rotatable bonds is 3. The summed E-state index contributed by atoms with van der Waals surface area (Å²) in [5.74, 6) is 0.540. The predicted molar refractivity (Wildman–Crippen MR) is 80.9 cm³/mol. The predicted octanol–water partition coefficient (Wildman–Crippen LogP) is 4.15. The van der Waals surface area contributed by atoms with Crippen LogP contribution in [0.3, 0.4) is 0 Å². The van der Waals surface area contributed by atoms with Crippen molar-refractivity contribution in [2.45, 2.75) is 13.0 Å². The molecule has 5 nitrogen and oxygen atoms in total. The molecule has 0 bridgehead atoms. The lowest BCUT2D eigenvalue weighted by molar-refractivity contribution is 0.121. The van der Waals surface area contributed by atoms with Gasteiger partial charge in [-0.2, -0.15) is 5.10 Å². The Morgan fingerprint density at radius 1 is 1.45 bits per heavy atom. The number of hydrogen-bond donors (Lipinski definition) is 1. The van der Waals surface area contributed by atoms with Crippen molar-refractivity contribution in [2.75, 3.05) is 5.32 Å². The third-order valence-electron chi connectivity index (χ3n) is 2.74. The average molecular weight is 359 g/mol. The van der Waals surface area contributed by atoms with E-state index in [0.717, 1.165) is 5.56 Å². The van der Waals surface area contributed by atoms with Gasteiger partial charge in [-0.15, -0.1) is 0 Å². The highest BCUT2D eigenvalue weighted by Gasteiger charge is 2.15. The zero-order chi connectivity index (χ0) is 14.7. The van der Waals surface area contributed by atoms with Crippen LogP contribution in [0.4, 0.5) is 10.6 Å². The molecule has 1 aromatic carbocycles. The summed E-state index contributed by atoms with van der Waals surface area (Å²) in [5.41, 5.74) is 0.869.